The maximum atomic E-state index is 9.19. The molecule has 70 valence electrons. The molecule has 1 fully saturated rings. The summed E-state index contributed by atoms with van der Waals surface area (Å²) in [5.41, 5.74) is -0.306. The van der Waals surface area contributed by atoms with Gasteiger partial charge in [-0.3, -0.25) is 4.55 Å². The van der Waals surface area contributed by atoms with Crippen LogP contribution < -0.4 is 0 Å². The van der Waals surface area contributed by atoms with Gasteiger partial charge in [-0.15, -0.1) is 0 Å². The first-order chi connectivity index (χ1) is 5.33. The molecule has 0 aromatic heterocycles. The second-order valence-electron chi connectivity index (χ2n) is 2.78. The number of nitriles is 1. The van der Waals surface area contributed by atoms with Gasteiger partial charge in [-0.2, -0.15) is 13.7 Å². The summed E-state index contributed by atoms with van der Waals surface area (Å²) in [6, 6.07) is 2.05. The highest BCUT2D eigenvalue weighted by Crippen LogP contribution is 2.43. The van der Waals surface area contributed by atoms with Crippen molar-refractivity contribution < 1.29 is 18.1 Å². The second-order valence-corrected chi connectivity index (χ2v) is 4.25. The van der Waals surface area contributed by atoms with Crippen molar-refractivity contribution in [3.63, 3.8) is 0 Å². The third-order valence-corrected chi connectivity index (χ3v) is 1.39. The van der Waals surface area contributed by atoms with Crippen LogP contribution in [0.1, 0.15) is 12.8 Å². The number of rotatable bonds is 1. The van der Waals surface area contributed by atoms with E-state index in [2.05, 4.69) is 6.07 Å². The van der Waals surface area contributed by atoms with Crippen molar-refractivity contribution in [1.82, 2.24) is 0 Å². The van der Waals surface area contributed by atoms with Crippen LogP contribution in [0.25, 0.3) is 0 Å². The first kappa shape index (κ1) is 11.4. The van der Waals surface area contributed by atoms with Crippen LogP contribution in [0.5, 0.6) is 0 Å². The normalized spacial score (nSPS) is 18.5. The molecule has 0 aliphatic heterocycles. The molecule has 6 heteroatoms. The van der Waals surface area contributed by atoms with Crippen LogP contribution in [0.2, 0.25) is 0 Å². The van der Waals surface area contributed by atoms with Gasteiger partial charge in [-0.25, -0.2) is 0 Å². The summed E-state index contributed by atoms with van der Waals surface area (Å²) in [5.74, 6) is 0. The molecule has 1 rings (SSSR count). The van der Waals surface area contributed by atoms with Gasteiger partial charge in [-0.05, 0) is 12.8 Å². The zero-order chi connectivity index (χ0) is 9.83. The Kier molecular flexibility index (Phi) is 3.64. The Morgan fingerprint density at radius 2 is 1.92 bits per heavy atom. The number of nitrogens with zero attached hydrogens (tertiary/aromatic N) is 1. The third-order valence-electron chi connectivity index (χ3n) is 1.39. The van der Waals surface area contributed by atoms with Gasteiger partial charge in [0.15, 0.2) is 0 Å². The number of aliphatic hydroxyl groups excluding tert-OH is 1. The quantitative estimate of drug-likeness (QED) is 0.561. The van der Waals surface area contributed by atoms with Crippen molar-refractivity contribution in [3.05, 3.63) is 0 Å². The lowest BCUT2D eigenvalue weighted by molar-refractivity contribution is 0.245. The smallest absolute Gasteiger partial charge is 0.261 e. The fourth-order valence-electron chi connectivity index (χ4n) is 0.456. The lowest BCUT2D eigenvalue weighted by atomic mass is 10.2. The van der Waals surface area contributed by atoms with E-state index in [1.165, 1.54) is 0 Å². The molecule has 1 aliphatic rings. The van der Waals surface area contributed by atoms with E-state index in [1.54, 1.807) is 0 Å². The fourth-order valence-corrected chi connectivity index (χ4v) is 0.456. The van der Waals surface area contributed by atoms with Gasteiger partial charge in [0.1, 0.15) is 0 Å². The zero-order valence-corrected chi connectivity index (χ0v) is 7.50. The van der Waals surface area contributed by atoms with E-state index in [9.17, 15) is 8.42 Å². The monoisotopic (exact) mass is 193 g/mol. The Bertz CT molecular complexity index is 264. The fraction of sp³-hybridized carbons (Fsp3) is 0.833. The van der Waals surface area contributed by atoms with Crippen LogP contribution >= 0.6 is 0 Å². The molecule has 0 unspecified atom stereocenters. The van der Waals surface area contributed by atoms with Gasteiger partial charge in [0, 0.05) is 0 Å². The summed E-state index contributed by atoms with van der Waals surface area (Å²) in [6.07, 6.45) is 2.49. The molecule has 0 aromatic rings. The summed E-state index contributed by atoms with van der Waals surface area (Å²) in [7, 11) is -3.67. The Morgan fingerprint density at radius 3 is 1.92 bits per heavy atom. The lowest BCUT2D eigenvalue weighted by Crippen LogP contribution is -2.00. The SMILES string of the molecule is CS(=O)(=O)O.N#CC1(CO)CC1. The van der Waals surface area contributed by atoms with E-state index in [0.717, 1.165) is 12.8 Å². The van der Waals surface area contributed by atoms with Crippen molar-refractivity contribution in [1.29, 1.82) is 5.26 Å². The van der Waals surface area contributed by atoms with Crippen LogP contribution in [0.4, 0.5) is 0 Å². The maximum absolute atomic E-state index is 9.19. The molecule has 0 heterocycles. The molecule has 5 nitrogen and oxygen atoms in total. The van der Waals surface area contributed by atoms with E-state index < -0.39 is 10.1 Å². The van der Waals surface area contributed by atoms with Crippen molar-refractivity contribution in [3.8, 4) is 6.07 Å². The minimum atomic E-state index is -3.67. The minimum Gasteiger partial charge on any atom is -0.395 e. The molecule has 0 spiro atoms. The number of hydrogen-bond acceptors (Lipinski definition) is 4. The minimum absolute atomic E-state index is 0.0451. The molecule has 2 N–H and O–H groups in total. The van der Waals surface area contributed by atoms with E-state index in [4.69, 9.17) is 14.9 Å². The summed E-state index contributed by atoms with van der Waals surface area (Å²) in [6.45, 7) is 0.0451. The van der Waals surface area contributed by atoms with Crippen molar-refractivity contribution in [2.24, 2.45) is 5.41 Å². The average Bonchev–Trinajstić information content (AvgIpc) is 2.64. The summed E-state index contributed by atoms with van der Waals surface area (Å²) in [4.78, 5) is 0. The molecule has 1 saturated carbocycles. The Balaban J connectivity index is 0.000000217. The third kappa shape index (κ3) is 6.09. The summed E-state index contributed by atoms with van der Waals surface area (Å²) >= 11 is 0. The molecular weight excluding hydrogens is 182 g/mol. The zero-order valence-electron chi connectivity index (χ0n) is 6.69. The summed E-state index contributed by atoms with van der Waals surface area (Å²) < 4.78 is 25.9. The van der Waals surface area contributed by atoms with E-state index in [1.807, 2.05) is 0 Å². The molecular formula is C6H11NO4S. The van der Waals surface area contributed by atoms with E-state index in [0.29, 0.717) is 6.26 Å². The second kappa shape index (κ2) is 3.85. The van der Waals surface area contributed by atoms with Gasteiger partial charge < -0.3 is 5.11 Å². The highest BCUT2D eigenvalue weighted by atomic mass is 32.2. The Labute approximate surface area is 71.4 Å². The van der Waals surface area contributed by atoms with E-state index >= 15 is 0 Å². The number of aliphatic hydroxyl groups is 1. The molecule has 0 amide bonds. The van der Waals surface area contributed by atoms with Crippen LogP contribution in [0.3, 0.4) is 0 Å². The van der Waals surface area contributed by atoms with E-state index in [-0.39, 0.29) is 12.0 Å². The molecule has 0 saturated heterocycles. The first-order valence-corrected chi connectivity index (χ1v) is 5.12. The van der Waals surface area contributed by atoms with Gasteiger partial charge in [0.25, 0.3) is 10.1 Å². The molecule has 0 bridgehead atoms. The van der Waals surface area contributed by atoms with Gasteiger partial charge in [0.2, 0.25) is 0 Å². The number of hydrogen-bond donors (Lipinski definition) is 2. The predicted octanol–water partition coefficient (Wildman–Crippen LogP) is -0.214. The van der Waals surface area contributed by atoms with Crippen LogP contribution in [0.15, 0.2) is 0 Å². The van der Waals surface area contributed by atoms with Crippen LogP contribution in [-0.4, -0.2) is 30.9 Å². The molecule has 1 aliphatic carbocycles. The van der Waals surface area contributed by atoms with Crippen LogP contribution in [0, 0.1) is 16.7 Å². The van der Waals surface area contributed by atoms with Crippen molar-refractivity contribution in [2.75, 3.05) is 12.9 Å². The Hall–Kier alpha value is -0.640. The molecule has 12 heavy (non-hydrogen) atoms. The molecule has 0 aromatic carbocycles. The van der Waals surface area contributed by atoms with Gasteiger partial charge >= 0.3 is 0 Å². The average molecular weight is 193 g/mol. The van der Waals surface area contributed by atoms with Gasteiger partial charge in [0.05, 0.1) is 24.3 Å². The Morgan fingerprint density at radius 1 is 1.58 bits per heavy atom. The molecule has 0 radical (unpaired) electrons. The topological polar surface area (TPSA) is 98.4 Å². The lowest BCUT2D eigenvalue weighted by Gasteiger charge is -1.92. The predicted molar refractivity (Wildman–Crippen MR) is 41.8 cm³/mol. The van der Waals surface area contributed by atoms with Crippen LogP contribution in [-0.2, 0) is 10.1 Å². The van der Waals surface area contributed by atoms with Crippen molar-refractivity contribution in [2.45, 2.75) is 12.8 Å². The highest BCUT2D eigenvalue weighted by molar-refractivity contribution is 7.85. The maximum Gasteiger partial charge on any atom is 0.261 e. The summed E-state index contributed by atoms with van der Waals surface area (Å²) in [5, 5.41) is 16.7. The largest absolute Gasteiger partial charge is 0.395 e. The highest BCUT2D eigenvalue weighted by Gasteiger charge is 2.42. The van der Waals surface area contributed by atoms with Crippen molar-refractivity contribution >= 4 is 10.1 Å². The first-order valence-electron chi connectivity index (χ1n) is 3.27. The molecule has 0 atom stereocenters. The van der Waals surface area contributed by atoms with Gasteiger partial charge in [-0.1, -0.05) is 0 Å². The standard InChI is InChI=1S/C5H7NO.CH4O3S/c6-3-5(4-7)1-2-5;1-5(2,3)4/h7H,1-2,4H2;1H3,(H,2,3,4).